The third-order valence-corrected chi connectivity index (χ3v) is 4.14. The van der Waals surface area contributed by atoms with Crippen molar-refractivity contribution in [1.82, 2.24) is 5.32 Å². The van der Waals surface area contributed by atoms with Crippen LogP contribution in [0.5, 0.6) is 11.5 Å². The van der Waals surface area contributed by atoms with Crippen molar-refractivity contribution in [3.05, 3.63) is 24.3 Å². The molecule has 3 nitrogen and oxygen atoms in total. The lowest BCUT2D eigenvalue weighted by Crippen LogP contribution is -2.47. The number of hydrogen-bond acceptors (Lipinski definition) is 3. The van der Waals surface area contributed by atoms with Crippen LogP contribution in [0.3, 0.4) is 0 Å². The molecule has 3 atom stereocenters. The predicted molar refractivity (Wildman–Crippen MR) is 87.1 cm³/mol. The second kappa shape index (κ2) is 8.28. The minimum absolute atomic E-state index is 0.238. The first-order valence-corrected chi connectivity index (χ1v) is 8.36. The Bertz CT molecular complexity index is 419. The third kappa shape index (κ3) is 4.63. The van der Waals surface area contributed by atoms with Crippen LogP contribution in [-0.4, -0.2) is 25.3 Å². The van der Waals surface area contributed by atoms with Crippen molar-refractivity contribution in [2.24, 2.45) is 5.92 Å². The van der Waals surface area contributed by atoms with Gasteiger partial charge in [0.1, 0.15) is 6.10 Å². The van der Waals surface area contributed by atoms with Crippen LogP contribution >= 0.6 is 0 Å². The molecule has 0 spiro atoms. The molecule has 1 aliphatic carbocycles. The Balaban J connectivity index is 2.06. The molecule has 0 aliphatic heterocycles. The van der Waals surface area contributed by atoms with Crippen molar-refractivity contribution in [2.75, 3.05) is 13.2 Å². The molecule has 0 radical (unpaired) electrons. The lowest BCUT2D eigenvalue weighted by molar-refractivity contribution is 0.0873. The molecule has 2 rings (SSSR count). The van der Waals surface area contributed by atoms with Crippen molar-refractivity contribution in [3.63, 3.8) is 0 Å². The van der Waals surface area contributed by atoms with Gasteiger partial charge in [-0.05, 0) is 57.2 Å². The summed E-state index contributed by atoms with van der Waals surface area (Å²) in [4.78, 5) is 0. The lowest BCUT2D eigenvalue weighted by Gasteiger charge is -2.36. The van der Waals surface area contributed by atoms with Crippen LogP contribution in [-0.2, 0) is 0 Å². The van der Waals surface area contributed by atoms with Gasteiger partial charge in [-0.1, -0.05) is 26.0 Å². The summed E-state index contributed by atoms with van der Waals surface area (Å²) in [6, 6.07) is 8.46. The first-order valence-electron chi connectivity index (χ1n) is 8.36. The molecule has 1 N–H and O–H groups in total. The maximum absolute atomic E-state index is 6.33. The Morgan fingerprint density at radius 3 is 2.62 bits per heavy atom. The zero-order valence-corrected chi connectivity index (χ0v) is 13.6. The van der Waals surface area contributed by atoms with E-state index in [0.717, 1.165) is 36.8 Å². The zero-order chi connectivity index (χ0) is 15.1. The Morgan fingerprint density at radius 2 is 1.90 bits per heavy atom. The highest BCUT2D eigenvalue weighted by Gasteiger charge is 2.30. The van der Waals surface area contributed by atoms with E-state index in [1.807, 2.05) is 31.2 Å². The second-order valence-corrected chi connectivity index (χ2v) is 6.01. The van der Waals surface area contributed by atoms with Gasteiger partial charge < -0.3 is 14.8 Å². The average molecular weight is 291 g/mol. The van der Waals surface area contributed by atoms with E-state index in [1.165, 1.54) is 12.8 Å². The Labute approximate surface area is 129 Å². The number of nitrogens with one attached hydrogen (secondary N) is 1. The molecule has 3 unspecified atom stereocenters. The fourth-order valence-corrected chi connectivity index (χ4v) is 3.01. The van der Waals surface area contributed by atoms with Crippen LogP contribution in [0.4, 0.5) is 0 Å². The van der Waals surface area contributed by atoms with E-state index >= 15 is 0 Å². The monoisotopic (exact) mass is 291 g/mol. The van der Waals surface area contributed by atoms with Crippen LogP contribution in [0, 0.1) is 5.92 Å². The van der Waals surface area contributed by atoms with E-state index in [2.05, 4.69) is 19.2 Å². The largest absolute Gasteiger partial charge is 0.490 e. The molecule has 0 saturated heterocycles. The number of hydrogen-bond donors (Lipinski definition) is 1. The first kappa shape index (κ1) is 16.2. The Kier molecular flexibility index (Phi) is 6.37. The molecule has 1 saturated carbocycles. The highest BCUT2D eigenvalue weighted by Crippen LogP contribution is 2.32. The summed E-state index contributed by atoms with van der Waals surface area (Å²) in [5, 5.41) is 3.65. The zero-order valence-electron chi connectivity index (χ0n) is 13.6. The fourth-order valence-electron chi connectivity index (χ4n) is 3.01. The smallest absolute Gasteiger partial charge is 0.161 e. The van der Waals surface area contributed by atoms with E-state index in [-0.39, 0.29) is 6.10 Å². The molecule has 21 heavy (non-hydrogen) atoms. The van der Waals surface area contributed by atoms with Gasteiger partial charge in [0.2, 0.25) is 0 Å². The molecule has 0 aromatic heterocycles. The van der Waals surface area contributed by atoms with Crippen LogP contribution in [0.15, 0.2) is 24.3 Å². The summed E-state index contributed by atoms with van der Waals surface area (Å²) in [7, 11) is 0. The topological polar surface area (TPSA) is 30.5 Å². The van der Waals surface area contributed by atoms with E-state index in [1.54, 1.807) is 0 Å². The van der Waals surface area contributed by atoms with Gasteiger partial charge in [0.05, 0.1) is 6.61 Å². The maximum Gasteiger partial charge on any atom is 0.161 e. The number of ether oxygens (including phenoxy) is 2. The first-order chi connectivity index (χ1) is 10.2. The molecular formula is C18H29NO2. The van der Waals surface area contributed by atoms with Gasteiger partial charge in [0.15, 0.2) is 11.5 Å². The molecule has 0 amide bonds. The molecule has 1 aromatic rings. The average Bonchev–Trinajstić information content (AvgIpc) is 2.49. The van der Waals surface area contributed by atoms with Crippen molar-refractivity contribution in [1.29, 1.82) is 0 Å². The summed E-state index contributed by atoms with van der Waals surface area (Å²) >= 11 is 0. The van der Waals surface area contributed by atoms with E-state index < -0.39 is 0 Å². The third-order valence-electron chi connectivity index (χ3n) is 4.14. The fraction of sp³-hybridized carbons (Fsp3) is 0.667. The number of rotatable bonds is 7. The van der Waals surface area contributed by atoms with Gasteiger partial charge in [-0.25, -0.2) is 0 Å². The van der Waals surface area contributed by atoms with Gasteiger partial charge >= 0.3 is 0 Å². The molecular weight excluding hydrogens is 262 g/mol. The highest BCUT2D eigenvalue weighted by molar-refractivity contribution is 5.39. The Hall–Kier alpha value is -1.22. The maximum atomic E-state index is 6.33. The van der Waals surface area contributed by atoms with Crippen LogP contribution < -0.4 is 14.8 Å². The van der Waals surface area contributed by atoms with Crippen molar-refractivity contribution >= 4 is 0 Å². The van der Waals surface area contributed by atoms with Crippen LogP contribution in [0.2, 0.25) is 0 Å². The van der Waals surface area contributed by atoms with Gasteiger partial charge in [-0.15, -0.1) is 0 Å². The van der Waals surface area contributed by atoms with Crippen molar-refractivity contribution in [2.45, 2.75) is 58.6 Å². The minimum Gasteiger partial charge on any atom is -0.490 e. The van der Waals surface area contributed by atoms with Crippen LogP contribution in [0.1, 0.15) is 46.5 Å². The molecule has 3 heteroatoms. The van der Waals surface area contributed by atoms with Crippen molar-refractivity contribution in [3.8, 4) is 11.5 Å². The molecule has 1 aromatic carbocycles. The van der Waals surface area contributed by atoms with Gasteiger partial charge in [0.25, 0.3) is 0 Å². The standard InChI is InChI=1S/C18H29NO2/c1-4-12-19-15-11-10-14(3)13-18(15)21-17-9-7-6-8-16(17)20-5-2/h6-9,14-15,18-19H,4-5,10-13H2,1-3H3. The molecule has 1 fully saturated rings. The van der Waals surface area contributed by atoms with Crippen molar-refractivity contribution < 1.29 is 9.47 Å². The molecule has 0 heterocycles. The molecule has 118 valence electrons. The van der Waals surface area contributed by atoms with Gasteiger partial charge in [-0.3, -0.25) is 0 Å². The number of benzene rings is 1. The second-order valence-electron chi connectivity index (χ2n) is 6.01. The highest BCUT2D eigenvalue weighted by atomic mass is 16.5. The summed E-state index contributed by atoms with van der Waals surface area (Å²) in [5.41, 5.74) is 0. The lowest BCUT2D eigenvalue weighted by atomic mass is 9.85. The molecule has 1 aliphatic rings. The minimum atomic E-state index is 0.238. The predicted octanol–water partition coefficient (Wildman–Crippen LogP) is 4.02. The van der Waals surface area contributed by atoms with E-state index in [9.17, 15) is 0 Å². The molecule has 0 bridgehead atoms. The van der Waals surface area contributed by atoms with Gasteiger partial charge in [0, 0.05) is 6.04 Å². The summed E-state index contributed by atoms with van der Waals surface area (Å²) in [5.74, 6) is 2.46. The van der Waals surface area contributed by atoms with E-state index in [4.69, 9.17) is 9.47 Å². The van der Waals surface area contributed by atoms with Gasteiger partial charge in [-0.2, -0.15) is 0 Å². The number of para-hydroxylation sites is 2. The normalized spacial score (nSPS) is 25.6. The summed E-state index contributed by atoms with van der Waals surface area (Å²) in [6.45, 7) is 8.26. The SMILES string of the molecule is CCCNC1CCC(C)CC1Oc1ccccc1OCC. The summed E-state index contributed by atoms with van der Waals surface area (Å²) < 4.78 is 12.0. The Morgan fingerprint density at radius 1 is 1.14 bits per heavy atom. The quantitative estimate of drug-likeness (QED) is 0.823. The van der Waals surface area contributed by atoms with E-state index in [0.29, 0.717) is 12.6 Å². The van der Waals surface area contributed by atoms with Crippen LogP contribution in [0.25, 0.3) is 0 Å². The summed E-state index contributed by atoms with van der Waals surface area (Å²) in [6.07, 6.45) is 4.99.